The van der Waals surface area contributed by atoms with Gasteiger partial charge in [0.15, 0.2) is 0 Å². The molecule has 6 rings (SSSR count). The van der Waals surface area contributed by atoms with E-state index in [9.17, 15) is 10.2 Å². The van der Waals surface area contributed by atoms with Gasteiger partial charge in [-0.25, -0.2) is 0 Å². The predicted molar refractivity (Wildman–Crippen MR) is 137 cm³/mol. The molecule has 3 nitrogen and oxygen atoms in total. The van der Waals surface area contributed by atoms with Gasteiger partial charge in [-0.15, -0.1) is 0 Å². The Balaban J connectivity index is 1.70. The lowest BCUT2D eigenvalue weighted by Crippen LogP contribution is -2.43. The van der Waals surface area contributed by atoms with Crippen LogP contribution < -0.4 is 0 Å². The molecule has 3 aromatic carbocycles. The minimum atomic E-state index is -0.137. The van der Waals surface area contributed by atoms with Gasteiger partial charge in [0.2, 0.25) is 0 Å². The second kappa shape index (κ2) is 6.99. The predicted octanol–water partition coefficient (Wildman–Crippen LogP) is 7.80. The molecule has 1 saturated carbocycles. The second-order valence-corrected chi connectivity index (χ2v) is 12.0. The van der Waals surface area contributed by atoms with E-state index >= 15 is 0 Å². The lowest BCUT2D eigenvalue weighted by molar-refractivity contribution is 0.0645. The van der Waals surface area contributed by atoms with Gasteiger partial charge in [-0.2, -0.15) is 0 Å². The molecule has 0 radical (unpaired) electrons. The second-order valence-electron chi connectivity index (χ2n) is 12.0. The first-order chi connectivity index (χ1) is 16.1. The number of aliphatic hydroxyl groups is 1. The number of fused-ring (bicyclic) bond motifs is 7. The number of benzene rings is 3. The van der Waals surface area contributed by atoms with Gasteiger partial charge in [-0.05, 0) is 93.6 Å². The van der Waals surface area contributed by atoms with Gasteiger partial charge in [-0.1, -0.05) is 52.0 Å². The largest absolute Gasteiger partial charge is 0.507 e. The monoisotopic (exact) mass is 452 g/mol. The molecule has 174 valence electrons. The van der Waals surface area contributed by atoms with Gasteiger partial charge in [0.1, 0.15) is 11.5 Å². The zero-order chi connectivity index (χ0) is 23.9. The molecule has 2 N–H and O–H groups in total. The Hall–Kier alpha value is -3.04. The van der Waals surface area contributed by atoms with Crippen molar-refractivity contribution < 1.29 is 14.6 Å². The zero-order valence-corrected chi connectivity index (χ0v) is 20.4. The third-order valence-electron chi connectivity index (χ3n) is 8.04. The van der Waals surface area contributed by atoms with Gasteiger partial charge >= 0.3 is 0 Å². The van der Waals surface area contributed by atoms with Crippen molar-refractivity contribution >= 4 is 10.8 Å². The fraction of sp³-hybridized carbons (Fsp3) is 0.355. The Bertz CT molecular complexity index is 1410. The van der Waals surface area contributed by atoms with Crippen LogP contribution in [0.4, 0.5) is 0 Å². The van der Waals surface area contributed by atoms with E-state index in [1.165, 1.54) is 28.7 Å². The third-order valence-corrected chi connectivity index (χ3v) is 8.04. The van der Waals surface area contributed by atoms with E-state index < -0.39 is 0 Å². The summed E-state index contributed by atoms with van der Waals surface area (Å²) in [5.74, 6) is 0.984. The zero-order valence-electron chi connectivity index (χ0n) is 20.4. The van der Waals surface area contributed by atoms with E-state index in [-0.39, 0.29) is 22.9 Å². The summed E-state index contributed by atoms with van der Waals surface area (Å²) >= 11 is 0. The molecule has 3 heteroatoms. The summed E-state index contributed by atoms with van der Waals surface area (Å²) in [6.07, 6.45) is 4.92. The van der Waals surface area contributed by atoms with E-state index in [1.807, 2.05) is 24.3 Å². The van der Waals surface area contributed by atoms with Crippen LogP contribution in [0, 0.1) is 10.8 Å². The molecule has 1 spiro atoms. The topological polar surface area (TPSA) is 53.6 Å². The molecule has 2 aliphatic rings. The third kappa shape index (κ3) is 2.99. The van der Waals surface area contributed by atoms with Gasteiger partial charge in [0.05, 0.1) is 12.9 Å². The quantitative estimate of drug-likeness (QED) is 0.326. The highest BCUT2D eigenvalue weighted by atomic mass is 16.3. The summed E-state index contributed by atoms with van der Waals surface area (Å²) in [5.41, 5.74) is 6.91. The summed E-state index contributed by atoms with van der Waals surface area (Å²) in [4.78, 5) is 0. The first-order valence-electron chi connectivity index (χ1n) is 12.2. The van der Waals surface area contributed by atoms with Crippen molar-refractivity contribution in [2.75, 3.05) is 0 Å². The van der Waals surface area contributed by atoms with Gasteiger partial charge in [0, 0.05) is 16.4 Å². The molecule has 1 heterocycles. The number of aromatic hydroxyl groups is 1. The van der Waals surface area contributed by atoms with Crippen LogP contribution in [0.2, 0.25) is 0 Å². The number of hydrogen-bond donors (Lipinski definition) is 2. The van der Waals surface area contributed by atoms with Crippen LogP contribution in [-0.2, 0) is 12.0 Å². The summed E-state index contributed by atoms with van der Waals surface area (Å²) in [5, 5.41) is 23.4. The lowest BCUT2D eigenvalue weighted by Gasteiger charge is -2.51. The molecule has 0 aliphatic heterocycles. The van der Waals surface area contributed by atoms with Crippen LogP contribution in [0.15, 0.2) is 65.3 Å². The molecule has 0 amide bonds. The summed E-state index contributed by atoms with van der Waals surface area (Å²) in [6.45, 7) is 9.45. The molecular weight excluding hydrogens is 420 g/mol. The normalized spacial score (nSPS) is 19.3. The van der Waals surface area contributed by atoms with Crippen molar-refractivity contribution in [2.45, 2.75) is 59.0 Å². The van der Waals surface area contributed by atoms with Crippen LogP contribution in [0.25, 0.3) is 33.2 Å². The molecule has 0 unspecified atom stereocenters. The molecule has 1 fully saturated rings. The molecule has 2 aliphatic carbocycles. The molecule has 0 bridgehead atoms. The number of aliphatic hydroxyl groups excluding tert-OH is 1. The van der Waals surface area contributed by atoms with Crippen molar-refractivity contribution in [3.05, 3.63) is 77.6 Å². The molecule has 34 heavy (non-hydrogen) atoms. The number of rotatable bonds is 2. The molecule has 1 aromatic heterocycles. The van der Waals surface area contributed by atoms with Crippen molar-refractivity contribution in [1.29, 1.82) is 0 Å². The van der Waals surface area contributed by atoms with Crippen molar-refractivity contribution in [3.63, 3.8) is 0 Å². The van der Waals surface area contributed by atoms with E-state index in [1.54, 1.807) is 6.26 Å². The summed E-state index contributed by atoms with van der Waals surface area (Å²) in [7, 11) is 0. The Kier molecular flexibility index (Phi) is 4.42. The summed E-state index contributed by atoms with van der Waals surface area (Å²) < 4.78 is 5.64. The minimum Gasteiger partial charge on any atom is -0.507 e. The van der Waals surface area contributed by atoms with E-state index in [2.05, 4.69) is 58.0 Å². The molecule has 0 saturated heterocycles. The standard InChI is InChI=1S/C31H32O3/c1-29(2)16-30(3,4)18-31(17-29)24-9-6-5-8-20(24)28-23-12-19(15-32)21(27-10-7-11-34-27)13-22(23)26(33)14-25(28)31/h5-14,32-33H,15-18H2,1-4H3. The molecule has 4 aromatic rings. The van der Waals surface area contributed by atoms with E-state index in [4.69, 9.17) is 4.42 Å². The van der Waals surface area contributed by atoms with Crippen LogP contribution in [0.5, 0.6) is 5.75 Å². The first kappa shape index (κ1) is 21.5. The maximum absolute atomic E-state index is 11.4. The van der Waals surface area contributed by atoms with Crippen molar-refractivity contribution in [2.24, 2.45) is 10.8 Å². The van der Waals surface area contributed by atoms with Crippen LogP contribution in [-0.4, -0.2) is 10.2 Å². The van der Waals surface area contributed by atoms with Crippen molar-refractivity contribution in [3.8, 4) is 28.2 Å². The number of phenolic OH excluding ortho intramolecular Hbond substituents is 1. The van der Waals surface area contributed by atoms with Gasteiger partial charge < -0.3 is 14.6 Å². The first-order valence-corrected chi connectivity index (χ1v) is 12.2. The Labute approximate surface area is 201 Å². The fourth-order valence-corrected chi connectivity index (χ4v) is 7.72. The maximum atomic E-state index is 11.4. The Morgan fingerprint density at radius 1 is 0.794 bits per heavy atom. The Morgan fingerprint density at radius 2 is 1.53 bits per heavy atom. The highest BCUT2D eigenvalue weighted by Gasteiger charge is 2.53. The van der Waals surface area contributed by atoms with E-state index in [0.29, 0.717) is 11.5 Å². The van der Waals surface area contributed by atoms with Crippen molar-refractivity contribution in [1.82, 2.24) is 0 Å². The number of hydrogen-bond acceptors (Lipinski definition) is 3. The average molecular weight is 453 g/mol. The smallest absolute Gasteiger partial charge is 0.134 e. The average Bonchev–Trinajstić information content (AvgIpc) is 3.38. The highest BCUT2D eigenvalue weighted by molar-refractivity contribution is 6.07. The van der Waals surface area contributed by atoms with Crippen LogP contribution in [0.3, 0.4) is 0 Å². The fourth-order valence-electron chi connectivity index (χ4n) is 7.72. The number of phenols is 1. The highest BCUT2D eigenvalue weighted by Crippen LogP contribution is 2.64. The number of furan rings is 1. The van der Waals surface area contributed by atoms with Crippen LogP contribution >= 0.6 is 0 Å². The SMILES string of the molecule is CC1(C)CC(C)(C)CC2(C1)c1ccccc1-c1c2cc(O)c2cc(-c3ccco3)c(CO)cc12. The Morgan fingerprint density at radius 3 is 2.21 bits per heavy atom. The van der Waals surface area contributed by atoms with Gasteiger partial charge in [0.25, 0.3) is 0 Å². The minimum absolute atomic E-state index is 0.0940. The molecule has 0 atom stereocenters. The van der Waals surface area contributed by atoms with E-state index in [0.717, 1.165) is 34.7 Å². The summed E-state index contributed by atoms with van der Waals surface area (Å²) in [6, 6.07) is 18.6. The van der Waals surface area contributed by atoms with Gasteiger partial charge in [-0.3, -0.25) is 0 Å². The van der Waals surface area contributed by atoms with Crippen LogP contribution in [0.1, 0.15) is 63.6 Å². The molecular formula is C31H32O3. The maximum Gasteiger partial charge on any atom is 0.134 e. The lowest BCUT2D eigenvalue weighted by atomic mass is 9.52.